The van der Waals surface area contributed by atoms with Crippen molar-refractivity contribution in [3.05, 3.63) is 41.5 Å². The zero-order valence-corrected chi connectivity index (χ0v) is 12.9. The van der Waals surface area contributed by atoms with Gasteiger partial charge in [0.15, 0.2) is 0 Å². The van der Waals surface area contributed by atoms with Crippen LogP contribution in [-0.4, -0.2) is 49.8 Å². The zero-order chi connectivity index (χ0) is 14.5. The summed E-state index contributed by atoms with van der Waals surface area (Å²) >= 11 is 0. The number of hydrogen-bond donors (Lipinski definition) is 1. The maximum atomic E-state index is 5.86. The van der Waals surface area contributed by atoms with Gasteiger partial charge in [-0.3, -0.25) is 4.90 Å². The number of morpholine rings is 1. The van der Waals surface area contributed by atoms with Crippen LogP contribution in [0.3, 0.4) is 0 Å². The van der Waals surface area contributed by atoms with Crippen molar-refractivity contribution in [2.75, 3.05) is 32.8 Å². The molecule has 1 heterocycles. The molecule has 3 rings (SSSR count). The van der Waals surface area contributed by atoms with Crippen molar-refractivity contribution in [2.24, 2.45) is 0 Å². The van der Waals surface area contributed by atoms with Crippen molar-refractivity contribution in [3.63, 3.8) is 0 Å². The first-order valence-electron chi connectivity index (χ1n) is 8.10. The topological polar surface area (TPSA) is 24.5 Å². The van der Waals surface area contributed by atoms with E-state index in [1.165, 1.54) is 24.0 Å². The summed E-state index contributed by atoms with van der Waals surface area (Å²) in [6, 6.07) is 11.3. The molecule has 1 saturated heterocycles. The average molecular weight is 286 g/mol. The molecule has 1 atom stereocenters. The fraction of sp³-hybridized carbons (Fsp3) is 0.556. The van der Waals surface area contributed by atoms with Crippen LogP contribution in [0.15, 0.2) is 35.9 Å². The van der Waals surface area contributed by atoms with E-state index in [-0.39, 0.29) is 0 Å². The van der Waals surface area contributed by atoms with Crippen LogP contribution in [0.4, 0.5) is 0 Å². The summed E-state index contributed by atoms with van der Waals surface area (Å²) in [4.78, 5) is 2.60. The molecule has 1 saturated carbocycles. The third kappa shape index (κ3) is 4.67. The highest BCUT2D eigenvalue weighted by molar-refractivity contribution is 5.52. The van der Waals surface area contributed by atoms with E-state index in [2.05, 4.69) is 53.5 Å². The predicted octanol–water partition coefficient (Wildman–Crippen LogP) is 2.54. The molecule has 1 aromatic rings. The fourth-order valence-electron chi connectivity index (χ4n) is 2.95. The van der Waals surface area contributed by atoms with Gasteiger partial charge in [-0.05, 0) is 25.3 Å². The number of rotatable bonds is 6. The van der Waals surface area contributed by atoms with Gasteiger partial charge in [0.05, 0.1) is 12.7 Å². The summed E-state index contributed by atoms with van der Waals surface area (Å²) in [6.07, 6.45) is 5.37. The summed E-state index contributed by atoms with van der Waals surface area (Å²) in [6.45, 7) is 7.16. The molecule has 21 heavy (non-hydrogen) atoms. The minimum absolute atomic E-state index is 0.351. The number of ether oxygens (including phenoxy) is 1. The Morgan fingerprint density at radius 2 is 2.14 bits per heavy atom. The fourth-order valence-corrected chi connectivity index (χ4v) is 2.95. The molecule has 1 aliphatic heterocycles. The maximum absolute atomic E-state index is 5.86. The monoisotopic (exact) mass is 286 g/mol. The lowest BCUT2D eigenvalue weighted by Gasteiger charge is -2.33. The Hall–Kier alpha value is -1.16. The van der Waals surface area contributed by atoms with Crippen LogP contribution in [0.1, 0.15) is 25.3 Å². The van der Waals surface area contributed by atoms with Crippen molar-refractivity contribution in [2.45, 2.75) is 31.9 Å². The van der Waals surface area contributed by atoms with Crippen LogP contribution in [0, 0.1) is 0 Å². The van der Waals surface area contributed by atoms with Gasteiger partial charge in [0.2, 0.25) is 0 Å². The van der Waals surface area contributed by atoms with Crippen LogP contribution >= 0.6 is 0 Å². The number of nitrogens with zero attached hydrogens (tertiary/aromatic N) is 1. The molecule has 0 bridgehead atoms. The predicted molar refractivity (Wildman–Crippen MR) is 87.3 cm³/mol. The molecule has 2 aliphatic rings. The van der Waals surface area contributed by atoms with Crippen LogP contribution in [0.25, 0.3) is 6.08 Å². The van der Waals surface area contributed by atoms with E-state index in [0.717, 1.165) is 38.8 Å². The van der Waals surface area contributed by atoms with Crippen molar-refractivity contribution in [1.29, 1.82) is 0 Å². The normalized spacial score (nSPS) is 24.2. The zero-order valence-electron chi connectivity index (χ0n) is 12.9. The number of benzene rings is 1. The highest BCUT2D eigenvalue weighted by Crippen LogP contribution is 2.28. The first-order chi connectivity index (χ1) is 10.3. The third-order valence-corrected chi connectivity index (χ3v) is 4.22. The molecule has 3 heteroatoms. The van der Waals surface area contributed by atoms with Crippen LogP contribution in [0.2, 0.25) is 0 Å². The van der Waals surface area contributed by atoms with Gasteiger partial charge in [-0.15, -0.1) is 0 Å². The Labute approximate surface area is 128 Å². The standard InChI is InChI=1S/C18H26N2O/c1-15(11-16-5-3-2-4-6-16)12-19-13-18-14-20(9-10-21-18)17-7-8-17/h2-6,11,17-19H,7-10,12-14H2,1H3/b15-11+. The molecular weight excluding hydrogens is 260 g/mol. The second-order valence-corrected chi connectivity index (χ2v) is 6.25. The summed E-state index contributed by atoms with van der Waals surface area (Å²) in [7, 11) is 0. The Morgan fingerprint density at radius 3 is 2.90 bits per heavy atom. The largest absolute Gasteiger partial charge is 0.374 e. The Balaban J connectivity index is 1.40. The molecule has 1 aliphatic carbocycles. The molecule has 0 amide bonds. The SMILES string of the molecule is C/C(=C\c1ccccc1)CNCC1CN(C2CC2)CCO1. The molecule has 1 unspecified atom stereocenters. The highest BCUT2D eigenvalue weighted by Gasteiger charge is 2.32. The second-order valence-electron chi connectivity index (χ2n) is 6.25. The van der Waals surface area contributed by atoms with E-state index in [9.17, 15) is 0 Å². The second kappa shape index (κ2) is 7.21. The molecule has 1 N–H and O–H groups in total. The van der Waals surface area contributed by atoms with E-state index in [4.69, 9.17) is 4.74 Å². The van der Waals surface area contributed by atoms with Crippen molar-refractivity contribution in [1.82, 2.24) is 10.2 Å². The van der Waals surface area contributed by atoms with E-state index in [0.29, 0.717) is 6.10 Å². The molecule has 0 aromatic heterocycles. The first-order valence-corrected chi connectivity index (χ1v) is 8.10. The summed E-state index contributed by atoms with van der Waals surface area (Å²) < 4.78 is 5.86. The Bertz CT molecular complexity index is 467. The van der Waals surface area contributed by atoms with Crippen molar-refractivity contribution in [3.8, 4) is 0 Å². The number of hydrogen-bond acceptors (Lipinski definition) is 3. The molecule has 114 valence electrons. The van der Waals surface area contributed by atoms with E-state index < -0.39 is 0 Å². The van der Waals surface area contributed by atoms with E-state index in [1.54, 1.807) is 0 Å². The minimum atomic E-state index is 0.351. The first kappa shape index (κ1) is 14.8. The average Bonchev–Trinajstić information content (AvgIpc) is 3.33. The van der Waals surface area contributed by atoms with Gasteiger partial charge in [-0.25, -0.2) is 0 Å². The molecular formula is C18H26N2O. The van der Waals surface area contributed by atoms with Gasteiger partial charge in [-0.1, -0.05) is 42.0 Å². The molecule has 1 aromatic carbocycles. The van der Waals surface area contributed by atoms with Crippen LogP contribution in [0.5, 0.6) is 0 Å². The minimum Gasteiger partial charge on any atom is -0.374 e. The van der Waals surface area contributed by atoms with Gasteiger partial charge in [0.1, 0.15) is 0 Å². The van der Waals surface area contributed by atoms with Crippen molar-refractivity contribution < 1.29 is 4.74 Å². The maximum Gasteiger partial charge on any atom is 0.0826 e. The summed E-state index contributed by atoms with van der Waals surface area (Å²) in [5.41, 5.74) is 2.63. The van der Waals surface area contributed by atoms with E-state index >= 15 is 0 Å². The van der Waals surface area contributed by atoms with Crippen LogP contribution in [-0.2, 0) is 4.74 Å². The van der Waals surface area contributed by atoms with E-state index in [1.807, 2.05) is 0 Å². The van der Waals surface area contributed by atoms with Crippen LogP contribution < -0.4 is 5.32 Å². The van der Waals surface area contributed by atoms with Crippen molar-refractivity contribution >= 4 is 6.08 Å². The quantitative estimate of drug-likeness (QED) is 0.870. The Kier molecular flexibility index (Phi) is 5.07. The van der Waals surface area contributed by atoms with Gasteiger partial charge in [0, 0.05) is 32.2 Å². The highest BCUT2D eigenvalue weighted by atomic mass is 16.5. The molecule has 2 fully saturated rings. The Morgan fingerprint density at radius 1 is 1.33 bits per heavy atom. The van der Waals surface area contributed by atoms with Gasteiger partial charge < -0.3 is 10.1 Å². The molecule has 3 nitrogen and oxygen atoms in total. The summed E-state index contributed by atoms with van der Waals surface area (Å²) in [5, 5.41) is 3.54. The lowest BCUT2D eigenvalue weighted by Crippen LogP contribution is -2.47. The molecule has 0 radical (unpaired) electrons. The van der Waals surface area contributed by atoms with Gasteiger partial charge in [0.25, 0.3) is 0 Å². The van der Waals surface area contributed by atoms with Gasteiger partial charge >= 0.3 is 0 Å². The number of nitrogens with one attached hydrogen (secondary N) is 1. The lowest BCUT2D eigenvalue weighted by atomic mass is 10.1. The lowest BCUT2D eigenvalue weighted by molar-refractivity contribution is -0.0296. The van der Waals surface area contributed by atoms with Gasteiger partial charge in [-0.2, -0.15) is 0 Å². The summed E-state index contributed by atoms with van der Waals surface area (Å²) in [5.74, 6) is 0. The smallest absolute Gasteiger partial charge is 0.0826 e. The third-order valence-electron chi connectivity index (χ3n) is 4.22. The molecule has 0 spiro atoms.